The van der Waals surface area contributed by atoms with Crippen molar-refractivity contribution in [2.75, 3.05) is 4.90 Å². The summed E-state index contributed by atoms with van der Waals surface area (Å²) in [5, 5.41) is 2.66. The number of anilines is 3. The van der Waals surface area contributed by atoms with Gasteiger partial charge in [-0.2, -0.15) is 0 Å². The van der Waals surface area contributed by atoms with Crippen molar-refractivity contribution >= 4 is 48.6 Å². The van der Waals surface area contributed by atoms with Crippen LogP contribution >= 0.6 is 11.3 Å². The van der Waals surface area contributed by atoms with Gasteiger partial charge in [-0.25, -0.2) is 0 Å². The van der Waals surface area contributed by atoms with Crippen LogP contribution in [0.2, 0.25) is 0 Å². The Bertz CT molecular complexity index is 2240. The highest BCUT2D eigenvalue weighted by Crippen LogP contribution is 2.39. The molecule has 0 amide bonds. The lowest BCUT2D eigenvalue weighted by atomic mass is 9.97. The van der Waals surface area contributed by atoms with E-state index in [-0.39, 0.29) is 0 Å². The van der Waals surface area contributed by atoms with Crippen LogP contribution in [0.1, 0.15) is 5.56 Å². The van der Waals surface area contributed by atoms with Crippen molar-refractivity contribution in [1.82, 2.24) is 0 Å². The van der Waals surface area contributed by atoms with Crippen molar-refractivity contribution in [2.24, 2.45) is 0 Å². The molecule has 0 aliphatic rings. The quantitative estimate of drug-likeness (QED) is 0.185. The van der Waals surface area contributed by atoms with Crippen molar-refractivity contribution in [2.45, 2.75) is 6.92 Å². The number of nitrogens with zero attached hydrogens (tertiary/aromatic N) is 1. The zero-order chi connectivity index (χ0) is 30.2. The Hall–Kier alpha value is -5.44. The highest BCUT2D eigenvalue weighted by Gasteiger charge is 2.14. The molecule has 0 unspecified atom stereocenters. The Kier molecular flexibility index (Phi) is 6.98. The van der Waals surface area contributed by atoms with Gasteiger partial charge in [0.2, 0.25) is 0 Å². The smallest absolute Gasteiger partial charge is 0.0462 e. The van der Waals surface area contributed by atoms with Gasteiger partial charge in [0.1, 0.15) is 0 Å². The molecule has 0 atom stereocenters. The van der Waals surface area contributed by atoms with E-state index in [1.807, 2.05) is 11.3 Å². The third-order valence-electron chi connectivity index (χ3n) is 8.56. The molecule has 1 nitrogen and oxygen atoms in total. The first-order valence-electron chi connectivity index (χ1n) is 15.3. The van der Waals surface area contributed by atoms with E-state index in [0.29, 0.717) is 0 Å². The number of thiophene rings is 1. The predicted octanol–water partition coefficient (Wildman–Crippen LogP) is 12.8. The fourth-order valence-corrected chi connectivity index (χ4v) is 7.25. The number of rotatable bonds is 6. The average Bonchev–Trinajstić information content (AvgIpc) is 3.48. The van der Waals surface area contributed by atoms with Crippen molar-refractivity contribution in [1.29, 1.82) is 0 Å². The van der Waals surface area contributed by atoms with Crippen LogP contribution in [0.5, 0.6) is 0 Å². The fourth-order valence-electron chi connectivity index (χ4n) is 6.16. The summed E-state index contributed by atoms with van der Waals surface area (Å²) in [5.74, 6) is 0. The minimum Gasteiger partial charge on any atom is -0.311 e. The third kappa shape index (κ3) is 5.31. The number of aryl methyl sites for hydroxylation is 1. The molecule has 0 radical (unpaired) electrons. The average molecular weight is 594 g/mol. The largest absolute Gasteiger partial charge is 0.311 e. The molecular formula is C43H31NS. The molecule has 1 heterocycles. The van der Waals surface area contributed by atoms with E-state index < -0.39 is 0 Å². The summed E-state index contributed by atoms with van der Waals surface area (Å²) in [5.41, 5.74) is 12.0. The Balaban J connectivity index is 1.13. The van der Waals surface area contributed by atoms with Crippen molar-refractivity contribution < 1.29 is 0 Å². The van der Waals surface area contributed by atoms with Crippen LogP contribution in [0.25, 0.3) is 53.6 Å². The summed E-state index contributed by atoms with van der Waals surface area (Å²) in [6.45, 7) is 2.13. The van der Waals surface area contributed by atoms with E-state index in [1.54, 1.807) is 0 Å². The van der Waals surface area contributed by atoms with Gasteiger partial charge in [0.25, 0.3) is 0 Å². The van der Waals surface area contributed by atoms with Crippen molar-refractivity contribution in [3.63, 3.8) is 0 Å². The van der Waals surface area contributed by atoms with Crippen molar-refractivity contribution in [3.05, 3.63) is 175 Å². The van der Waals surface area contributed by atoms with Gasteiger partial charge in [0, 0.05) is 37.2 Å². The summed E-state index contributed by atoms with van der Waals surface area (Å²) in [6.07, 6.45) is 0. The van der Waals surface area contributed by atoms with E-state index in [2.05, 4.69) is 182 Å². The van der Waals surface area contributed by atoms with E-state index in [4.69, 9.17) is 0 Å². The van der Waals surface area contributed by atoms with Crippen LogP contribution in [0.3, 0.4) is 0 Å². The molecule has 0 aliphatic carbocycles. The lowest BCUT2D eigenvalue weighted by Crippen LogP contribution is -2.09. The molecule has 8 aromatic rings. The molecule has 8 rings (SSSR count). The van der Waals surface area contributed by atoms with Crippen LogP contribution in [0.15, 0.2) is 170 Å². The molecule has 0 bridgehead atoms. The first-order chi connectivity index (χ1) is 22.2. The second kappa shape index (κ2) is 11.6. The molecule has 7 aromatic carbocycles. The Morgan fingerprint density at radius 3 is 1.51 bits per heavy atom. The zero-order valence-electron chi connectivity index (χ0n) is 25.0. The second-order valence-electron chi connectivity index (χ2n) is 11.5. The number of fused-ring (bicyclic) bond motifs is 3. The van der Waals surface area contributed by atoms with Crippen LogP contribution in [-0.4, -0.2) is 0 Å². The number of hydrogen-bond acceptors (Lipinski definition) is 2. The topological polar surface area (TPSA) is 3.24 Å². The lowest BCUT2D eigenvalue weighted by molar-refractivity contribution is 1.27. The molecule has 214 valence electrons. The Labute approximate surface area is 268 Å². The molecule has 0 saturated carbocycles. The van der Waals surface area contributed by atoms with Crippen LogP contribution < -0.4 is 4.90 Å². The summed E-state index contributed by atoms with van der Waals surface area (Å²) < 4.78 is 2.67. The highest BCUT2D eigenvalue weighted by molar-refractivity contribution is 7.25. The minimum absolute atomic E-state index is 1.13. The van der Waals surface area contributed by atoms with E-state index in [0.717, 1.165) is 17.1 Å². The van der Waals surface area contributed by atoms with Gasteiger partial charge in [-0.1, -0.05) is 115 Å². The molecule has 0 saturated heterocycles. The number of hydrogen-bond donors (Lipinski definition) is 0. The summed E-state index contributed by atoms with van der Waals surface area (Å²) in [4.78, 5) is 2.33. The van der Waals surface area contributed by atoms with E-state index in [9.17, 15) is 0 Å². The highest BCUT2D eigenvalue weighted by atomic mass is 32.1. The van der Waals surface area contributed by atoms with Crippen molar-refractivity contribution in [3.8, 4) is 33.4 Å². The molecular weight excluding hydrogens is 563 g/mol. The molecule has 0 aliphatic heterocycles. The fraction of sp³-hybridized carbons (Fsp3) is 0.0233. The van der Waals surface area contributed by atoms with Crippen LogP contribution in [-0.2, 0) is 0 Å². The molecule has 0 fully saturated rings. The molecule has 0 N–H and O–H groups in total. The third-order valence-corrected chi connectivity index (χ3v) is 9.71. The van der Waals surface area contributed by atoms with Gasteiger partial charge >= 0.3 is 0 Å². The zero-order valence-corrected chi connectivity index (χ0v) is 25.8. The molecule has 1 aromatic heterocycles. The van der Waals surface area contributed by atoms with Gasteiger partial charge < -0.3 is 4.90 Å². The first-order valence-corrected chi connectivity index (χ1v) is 16.2. The van der Waals surface area contributed by atoms with E-state index >= 15 is 0 Å². The number of benzene rings is 7. The first kappa shape index (κ1) is 27.1. The minimum atomic E-state index is 1.13. The maximum atomic E-state index is 2.35. The summed E-state index contributed by atoms with van der Waals surface area (Å²) >= 11 is 1.86. The Morgan fingerprint density at radius 2 is 0.822 bits per heavy atom. The normalized spacial score (nSPS) is 11.2. The molecule has 2 heteroatoms. The van der Waals surface area contributed by atoms with Crippen LogP contribution in [0.4, 0.5) is 17.1 Å². The summed E-state index contributed by atoms with van der Waals surface area (Å²) in [7, 11) is 0. The maximum Gasteiger partial charge on any atom is 0.0462 e. The lowest BCUT2D eigenvalue weighted by Gasteiger charge is -2.26. The van der Waals surface area contributed by atoms with Gasteiger partial charge in [0.05, 0.1) is 0 Å². The van der Waals surface area contributed by atoms with Gasteiger partial charge in [-0.3, -0.25) is 0 Å². The summed E-state index contributed by atoms with van der Waals surface area (Å²) in [6, 6.07) is 61.5. The van der Waals surface area contributed by atoms with Crippen LogP contribution in [0, 0.1) is 6.92 Å². The maximum absolute atomic E-state index is 2.35. The monoisotopic (exact) mass is 593 g/mol. The van der Waals surface area contributed by atoms with Gasteiger partial charge in [0.15, 0.2) is 0 Å². The predicted molar refractivity (Wildman–Crippen MR) is 195 cm³/mol. The van der Waals surface area contributed by atoms with Gasteiger partial charge in [-0.05, 0) is 101 Å². The molecule has 0 spiro atoms. The molecule has 45 heavy (non-hydrogen) atoms. The Morgan fingerprint density at radius 1 is 0.356 bits per heavy atom. The van der Waals surface area contributed by atoms with Gasteiger partial charge in [-0.15, -0.1) is 11.3 Å². The SMILES string of the molecule is Cc1ccc(N(c2ccc(-c3ccccc3)cc2)c2ccc(-c3cccc(-c4ccc5sc6ccccc6c5c4)c3)cc2)cc1. The standard InChI is InChI=1S/C43H31NS/c1-30-14-21-37(22-15-30)44(38-23-16-32(17-24-38)31-8-3-2-4-9-31)39-25-18-33(19-26-39)34-10-7-11-35(28-34)36-20-27-43-41(29-36)40-12-5-6-13-42(40)45-43/h2-29H,1H3. The van der Waals surface area contributed by atoms with E-state index in [1.165, 1.54) is 59.1 Å². The second-order valence-corrected chi connectivity index (χ2v) is 12.6.